The summed E-state index contributed by atoms with van der Waals surface area (Å²) >= 11 is 0. The molecule has 0 atom stereocenters. The molecule has 30 heavy (non-hydrogen) atoms. The number of fused-ring (bicyclic) bond motifs is 1. The second-order valence-corrected chi connectivity index (χ2v) is 7.83. The van der Waals surface area contributed by atoms with Crippen LogP contribution in [-0.4, -0.2) is 39.8 Å². The number of benzene rings is 1. The third-order valence-corrected chi connectivity index (χ3v) is 4.80. The summed E-state index contributed by atoms with van der Waals surface area (Å²) in [7, 11) is 0. The highest BCUT2D eigenvalue weighted by atomic mass is 16.5. The number of rotatable bonds is 8. The molecular formula is C23H28N4O3. The van der Waals surface area contributed by atoms with Crippen LogP contribution in [0.25, 0.3) is 11.0 Å². The number of aromatic nitrogens is 3. The SMILES string of the molecule is CC(C)c1cc(C(=O)OCC(=O)NCCc2ccccc2)c2cnn(C(C)C)c2n1. The molecule has 0 spiro atoms. The molecule has 2 heterocycles. The number of carbonyl (C=O) groups excluding carboxylic acids is 2. The standard InChI is InChI=1S/C23H28N4O3/c1-15(2)20-12-18(19-13-25-27(16(3)4)22(19)26-20)23(29)30-14-21(28)24-11-10-17-8-6-5-7-9-17/h5-9,12-13,15-16H,10-11,14H2,1-4H3,(H,24,28). The van der Waals surface area contributed by atoms with Crippen LogP contribution in [-0.2, 0) is 16.0 Å². The van der Waals surface area contributed by atoms with Gasteiger partial charge >= 0.3 is 5.97 Å². The number of nitrogens with zero attached hydrogens (tertiary/aromatic N) is 3. The Bertz CT molecular complexity index is 1030. The van der Waals surface area contributed by atoms with E-state index in [1.165, 1.54) is 0 Å². The van der Waals surface area contributed by atoms with Gasteiger partial charge in [0.15, 0.2) is 12.3 Å². The molecule has 158 valence electrons. The van der Waals surface area contributed by atoms with Crippen LogP contribution in [0.2, 0.25) is 0 Å². The van der Waals surface area contributed by atoms with Crippen molar-refractivity contribution in [3.05, 3.63) is 59.4 Å². The van der Waals surface area contributed by atoms with Crippen molar-refractivity contribution in [2.24, 2.45) is 0 Å². The van der Waals surface area contributed by atoms with Gasteiger partial charge in [-0.3, -0.25) is 4.79 Å². The van der Waals surface area contributed by atoms with E-state index in [-0.39, 0.29) is 24.5 Å². The van der Waals surface area contributed by atoms with Gasteiger partial charge in [0.05, 0.1) is 17.1 Å². The summed E-state index contributed by atoms with van der Waals surface area (Å²) in [5, 5.41) is 7.78. The molecule has 1 amide bonds. The molecule has 1 N–H and O–H groups in total. The highest BCUT2D eigenvalue weighted by molar-refractivity contribution is 6.03. The Morgan fingerprint density at radius 3 is 2.53 bits per heavy atom. The number of ether oxygens (including phenoxy) is 1. The van der Waals surface area contributed by atoms with E-state index in [0.717, 1.165) is 17.7 Å². The van der Waals surface area contributed by atoms with E-state index >= 15 is 0 Å². The van der Waals surface area contributed by atoms with Crippen molar-refractivity contribution < 1.29 is 14.3 Å². The zero-order valence-corrected chi connectivity index (χ0v) is 17.9. The molecule has 0 unspecified atom stereocenters. The number of carbonyl (C=O) groups is 2. The summed E-state index contributed by atoms with van der Waals surface area (Å²) in [6, 6.07) is 11.7. The predicted octanol–water partition coefficient (Wildman–Crippen LogP) is 3.65. The average Bonchev–Trinajstić information content (AvgIpc) is 3.16. The van der Waals surface area contributed by atoms with Crippen LogP contribution in [0, 0.1) is 0 Å². The molecule has 2 aromatic heterocycles. The molecule has 1 aromatic carbocycles. The molecule has 0 fully saturated rings. The zero-order chi connectivity index (χ0) is 21.7. The molecule has 0 aliphatic carbocycles. The summed E-state index contributed by atoms with van der Waals surface area (Å²) in [6.07, 6.45) is 2.35. The lowest BCUT2D eigenvalue weighted by Gasteiger charge is -2.12. The highest BCUT2D eigenvalue weighted by Crippen LogP contribution is 2.24. The number of nitrogens with one attached hydrogen (secondary N) is 1. The number of hydrogen-bond donors (Lipinski definition) is 1. The van der Waals surface area contributed by atoms with Crippen LogP contribution in [0.1, 0.15) is 61.3 Å². The summed E-state index contributed by atoms with van der Waals surface area (Å²) in [6.45, 7) is 8.20. The van der Waals surface area contributed by atoms with Crippen molar-refractivity contribution in [2.45, 2.75) is 46.1 Å². The summed E-state index contributed by atoms with van der Waals surface area (Å²) < 4.78 is 7.08. The van der Waals surface area contributed by atoms with Gasteiger partial charge in [-0.1, -0.05) is 44.2 Å². The van der Waals surface area contributed by atoms with Crippen molar-refractivity contribution in [3.8, 4) is 0 Å². The minimum absolute atomic E-state index is 0.108. The van der Waals surface area contributed by atoms with Crippen LogP contribution >= 0.6 is 0 Å². The van der Waals surface area contributed by atoms with E-state index in [1.807, 2.05) is 58.0 Å². The van der Waals surface area contributed by atoms with Crippen molar-refractivity contribution >= 4 is 22.9 Å². The van der Waals surface area contributed by atoms with Crippen LogP contribution in [0.3, 0.4) is 0 Å². The number of pyridine rings is 1. The van der Waals surface area contributed by atoms with E-state index in [2.05, 4.69) is 15.4 Å². The van der Waals surface area contributed by atoms with Crippen molar-refractivity contribution in [1.29, 1.82) is 0 Å². The predicted molar refractivity (Wildman–Crippen MR) is 115 cm³/mol. The lowest BCUT2D eigenvalue weighted by molar-refractivity contribution is -0.124. The Balaban J connectivity index is 1.66. The van der Waals surface area contributed by atoms with Gasteiger partial charge in [-0.2, -0.15) is 5.10 Å². The minimum atomic E-state index is -0.550. The Morgan fingerprint density at radius 1 is 1.13 bits per heavy atom. The lowest BCUT2D eigenvalue weighted by atomic mass is 10.1. The van der Waals surface area contributed by atoms with Gasteiger partial charge < -0.3 is 10.1 Å². The van der Waals surface area contributed by atoms with Crippen LogP contribution in [0.15, 0.2) is 42.6 Å². The van der Waals surface area contributed by atoms with Crippen LogP contribution in [0.5, 0.6) is 0 Å². The Morgan fingerprint density at radius 2 is 1.87 bits per heavy atom. The number of hydrogen-bond acceptors (Lipinski definition) is 5. The second kappa shape index (κ2) is 9.52. The Hall–Kier alpha value is -3.22. The van der Waals surface area contributed by atoms with E-state index < -0.39 is 5.97 Å². The normalized spacial score (nSPS) is 11.3. The minimum Gasteiger partial charge on any atom is -0.452 e. The van der Waals surface area contributed by atoms with Crippen molar-refractivity contribution in [2.75, 3.05) is 13.2 Å². The van der Waals surface area contributed by atoms with Crippen LogP contribution < -0.4 is 5.32 Å². The van der Waals surface area contributed by atoms with E-state index in [9.17, 15) is 9.59 Å². The van der Waals surface area contributed by atoms with Crippen LogP contribution in [0.4, 0.5) is 0 Å². The topological polar surface area (TPSA) is 86.1 Å². The van der Waals surface area contributed by atoms with Crippen molar-refractivity contribution in [1.82, 2.24) is 20.1 Å². The number of esters is 1. The molecule has 0 saturated heterocycles. The first-order chi connectivity index (χ1) is 14.4. The maximum atomic E-state index is 12.7. The summed E-state index contributed by atoms with van der Waals surface area (Å²) in [5.41, 5.74) is 2.95. The third-order valence-electron chi connectivity index (χ3n) is 4.80. The fourth-order valence-electron chi connectivity index (χ4n) is 3.13. The van der Waals surface area contributed by atoms with Gasteiger partial charge in [0.25, 0.3) is 5.91 Å². The van der Waals surface area contributed by atoms with Gasteiger partial charge in [0, 0.05) is 18.3 Å². The van der Waals surface area contributed by atoms with E-state index in [0.29, 0.717) is 23.1 Å². The fourth-order valence-corrected chi connectivity index (χ4v) is 3.13. The molecule has 3 aromatic rings. The zero-order valence-electron chi connectivity index (χ0n) is 17.9. The maximum absolute atomic E-state index is 12.7. The van der Waals surface area contributed by atoms with Gasteiger partial charge in [-0.05, 0) is 37.8 Å². The largest absolute Gasteiger partial charge is 0.452 e. The molecule has 0 bridgehead atoms. The molecular weight excluding hydrogens is 380 g/mol. The van der Waals surface area contributed by atoms with Gasteiger partial charge in [0.2, 0.25) is 0 Å². The monoisotopic (exact) mass is 408 g/mol. The molecule has 3 rings (SSSR count). The molecule has 0 saturated carbocycles. The van der Waals surface area contributed by atoms with Gasteiger partial charge in [-0.15, -0.1) is 0 Å². The second-order valence-electron chi connectivity index (χ2n) is 7.83. The molecule has 0 aliphatic rings. The first kappa shape index (κ1) is 21.5. The lowest BCUT2D eigenvalue weighted by Crippen LogP contribution is -2.30. The molecule has 0 radical (unpaired) electrons. The van der Waals surface area contributed by atoms with E-state index in [4.69, 9.17) is 4.74 Å². The highest BCUT2D eigenvalue weighted by Gasteiger charge is 2.20. The first-order valence-corrected chi connectivity index (χ1v) is 10.2. The fraction of sp³-hybridized carbons (Fsp3) is 0.391. The Kier molecular flexibility index (Phi) is 6.82. The van der Waals surface area contributed by atoms with Crippen molar-refractivity contribution in [3.63, 3.8) is 0 Å². The quantitative estimate of drug-likeness (QED) is 0.575. The maximum Gasteiger partial charge on any atom is 0.339 e. The molecule has 0 aliphatic heterocycles. The van der Waals surface area contributed by atoms with Gasteiger partial charge in [-0.25, -0.2) is 14.5 Å². The first-order valence-electron chi connectivity index (χ1n) is 10.2. The summed E-state index contributed by atoms with van der Waals surface area (Å²) in [5.74, 6) is -0.741. The van der Waals surface area contributed by atoms with Gasteiger partial charge in [0.1, 0.15) is 0 Å². The number of amides is 1. The molecule has 7 heteroatoms. The molecule has 7 nitrogen and oxygen atoms in total. The van der Waals surface area contributed by atoms with E-state index in [1.54, 1.807) is 16.9 Å². The summed E-state index contributed by atoms with van der Waals surface area (Å²) in [4.78, 5) is 29.5. The average molecular weight is 409 g/mol. The third kappa shape index (κ3) is 5.03. The Labute approximate surface area is 176 Å². The smallest absolute Gasteiger partial charge is 0.339 e.